The molecule has 1 aliphatic heterocycles. The average Bonchev–Trinajstić information content (AvgIpc) is 3.11. The minimum Gasteiger partial charge on any atom is -0.459 e. The molecule has 0 aromatic heterocycles. The molecule has 0 saturated carbocycles. The lowest BCUT2D eigenvalue weighted by Gasteiger charge is -2.48. The predicted molar refractivity (Wildman–Crippen MR) is 172 cm³/mol. The van der Waals surface area contributed by atoms with Gasteiger partial charge in [0, 0.05) is 6.42 Å². The first kappa shape index (κ1) is 33.1. The maximum atomic E-state index is 13.5. The molecule has 10 nitrogen and oxygen atoms in total. The van der Waals surface area contributed by atoms with Crippen molar-refractivity contribution < 1.29 is 48.0 Å². The van der Waals surface area contributed by atoms with Crippen LogP contribution in [0.4, 0.5) is 0 Å². The van der Waals surface area contributed by atoms with Crippen LogP contribution in [-0.2, 0) is 23.7 Å². The third kappa shape index (κ3) is 8.14. The summed E-state index contributed by atoms with van der Waals surface area (Å²) in [5.41, 5.74) is 0.642. The quantitative estimate of drug-likeness (QED) is 0.133. The number of esters is 4. The highest BCUT2D eigenvalue weighted by molar-refractivity contribution is 7.78. The van der Waals surface area contributed by atoms with Crippen molar-refractivity contribution in [3.8, 4) is 0 Å². The molecular formula is C36H30O10S. The first-order valence-corrected chi connectivity index (χ1v) is 15.1. The number of hydrogen-bond donors (Lipinski definition) is 1. The lowest BCUT2D eigenvalue weighted by Crippen LogP contribution is -2.68. The van der Waals surface area contributed by atoms with Crippen LogP contribution < -0.4 is 0 Å². The molecule has 1 aliphatic rings. The molecule has 0 spiro atoms. The molecule has 4 aromatic carbocycles. The van der Waals surface area contributed by atoms with Crippen molar-refractivity contribution in [3.05, 3.63) is 144 Å². The molecule has 1 saturated heterocycles. The topological polar surface area (TPSA) is 135 Å². The number of thiocarbonyl (C=S) groups is 1. The predicted octanol–water partition coefficient (Wildman–Crippen LogP) is 5.00. The monoisotopic (exact) mass is 654 g/mol. The smallest absolute Gasteiger partial charge is 0.338 e. The van der Waals surface area contributed by atoms with E-state index >= 15 is 0 Å². The van der Waals surface area contributed by atoms with Crippen molar-refractivity contribution in [1.82, 2.24) is 0 Å². The van der Waals surface area contributed by atoms with Crippen LogP contribution in [0.1, 0.15) is 47.9 Å². The minimum atomic E-state index is -2.41. The van der Waals surface area contributed by atoms with Gasteiger partial charge in [-0.2, -0.15) is 0 Å². The maximum absolute atomic E-state index is 13.5. The first-order valence-electron chi connectivity index (χ1n) is 14.6. The second-order valence-electron chi connectivity index (χ2n) is 10.5. The second kappa shape index (κ2) is 15.4. The van der Waals surface area contributed by atoms with E-state index in [1.807, 2.05) is 0 Å². The number of carbonyl (C=O) groups is 4. The van der Waals surface area contributed by atoms with E-state index in [1.54, 1.807) is 84.9 Å². The molecule has 5 rings (SSSR count). The van der Waals surface area contributed by atoms with Gasteiger partial charge in [-0.25, -0.2) is 19.2 Å². The van der Waals surface area contributed by atoms with Crippen molar-refractivity contribution in [3.63, 3.8) is 0 Å². The van der Waals surface area contributed by atoms with Gasteiger partial charge in [0.15, 0.2) is 18.3 Å². The Morgan fingerprint density at radius 1 is 0.617 bits per heavy atom. The molecule has 0 radical (unpaired) electrons. The fourth-order valence-corrected chi connectivity index (χ4v) is 5.22. The van der Waals surface area contributed by atoms with Gasteiger partial charge in [0.1, 0.15) is 12.7 Å². The highest BCUT2D eigenvalue weighted by Crippen LogP contribution is 2.37. The molecule has 0 bridgehead atoms. The zero-order chi connectivity index (χ0) is 33.2. The van der Waals surface area contributed by atoms with Gasteiger partial charge >= 0.3 is 23.9 Å². The van der Waals surface area contributed by atoms with Gasteiger partial charge in [0.05, 0.1) is 22.3 Å². The van der Waals surface area contributed by atoms with E-state index < -0.39 is 67.1 Å². The second-order valence-corrected chi connectivity index (χ2v) is 10.8. The molecule has 240 valence electrons. The van der Waals surface area contributed by atoms with Crippen LogP contribution in [0.25, 0.3) is 0 Å². The van der Waals surface area contributed by atoms with E-state index in [1.165, 1.54) is 36.4 Å². The van der Waals surface area contributed by atoms with Crippen LogP contribution in [0.3, 0.4) is 0 Å². The maximum Gasteiger partial charge on any atom is 0.338 e. The zero-order valence-electron chi connectivity index (χ0n) is 24.9. The summed E-state index contributed by atoms with van der Waals surface area (Å²) in [6.45, 7) is -0.557. The number of carbonyl (C=O) groups excluding carboxylic acids is 4. The van der Waals surface area contributed by atoms with E-state index in [0.717, 1.165) is 5.37 Å². The van der Waals surface area contributed by atoms with Gasteiger partial charge in [0.2, 0.25) is 5.79 Å². The normalized spacial score (nSPS) is 21.9. The van der Waals surface area contributed by atoms with Crippen LogP contribution in [0.2, 0.25) is 0 Å². The fraction of sp³-hybridized carbons (Fsp3) is 0.194. The fourth-order valence-electron chi connectivity index (χ4n) is 4.98. The Morgan fingerprint density at radius 2 is 1.00 bits per heavy atom. The summed E-state index contributed by atoms with van der Waals surface area (Å²) in [6.07, 6.45) is -6.81. The zero-order valence-corrected chi connectivity index (χ0v) is 25.7. The number of aliphatic hydroxyl groups is 1. The van der Waals surface area contributed by atoms with E-state index in [0.29, 0.717) is 0 Å². The third-order valence-corrected chi connectivity index (χ3v) is 7.47. The summed E-state index contributed by atoms with van der Waals surface area (Å²) in [5, 5.41) is 13.1. The van der Waals surface area contributed by atoms with Crippen LogP contribution in [0.5, 0.6) is 0 Å². The molecule has 1 fully saturated rings. The van der Waals surface area contributed by atoms with Gasteiger partial charge < -0.3 is 28.8 Å². The molecule has 1 heterocycles. The number of benzene rings is 4. The van der Waals surface area contributed by atoms with Gasteiger partial charge in [0.25, 0.3) is 0 Å². The summed E-state index contributed by atoms with van der Waals surface area (Å²) >= 11 is 5.06. The Bertz CT molecular complexity index is 1680. The summed E-state index contributed by atoms with van der Waals surface area (Å²) in [6, 6.07) is 32.0. The Morgan fingerprint density at radius 3 is 1.43 bits per heavy atom. The molecule has 0 aliphatic carbocycles. The van der Waals surface area contributed by atoms with Crippen molar-refractivity contribution in [2.75, 3.05) is 6.61 Å². The summed E-state index contributed by atoms with van der Waals surface area (Å²) in [5.74, 6) is -5.73. The van der Waals surface area contributed by atoms with Gasteiger partial charge in [-0.15, -0.1) is 0 Å². The lowest BCUT2D eigenvalue weighted by atomic mass is 9.90. The van der Waals surface area contributed by atoms with Crippen LogP contribution in [-0.4, -0.2) is 71.2 Å². The van der Waals surface area contributed by atoms with Gasteiger partial charge in [-0.3, -0.25) is 0 Å². The van der Waals surface area contributed by atoms with E-state index in [-0.39, 0.29) is 22.3 Å². The average molecular weight is 655 g/mol. The van der Waals surface area contributed by atoms with Gasteiger partial charge in [-0.05, 0) is 53.9 Å². The first-order chi connectivity index (χ1) is 22.8. The summed E-state index contributed by atoms with van der Waals surface area (Å²) < 4.78 is 29.2. The molecular weight excluding hydrogens is 624 g/mol. The van der Waals surface area contributed by atoms with Crippen LogP contribution in [0, 0.1) is 0 Å². The van der Waals surface area contributed by atoms with Crippen molar-refractivity contribution in [1.29, 1.82) is 0 Å². The Labute approximate surface area is 275 Å². The highest BCUT2D eigenvalue weighted by atomic mass is 32.1. The Kier molecular flexibility index (Phi) is 10.8. The largest absolute Gasteiger partial charge is 0.459 e. The minimum absolute atomic E-state index is 0.127. The SMILES string of the molecule is O=C(OC[C@H]1O[C@](O)(CC=S)[C@H](OC(=O)c2ccccc2)[C@@H](OC(=O)c2ccccc2)[C@@H]1OC(=O)c1ccccc1)c1ccccc1. The molecule has 47 heavy (non-hydrogen) atoms. The number of hydrogen-bond acceptors (Lipinski definition) is 11. The number of ether oxygens (including phenoxy) is 5. The van der Waals surface area contributed by atoms with Crippen molar-refractivity contribution >= 4 is 41.5 Å². The molecule has 11 heteroatoms. The van der Waals surface area contributed by atoms with Crippen molar-refractivity contribution in [2.24, 2.45) is 0 Å². The third-order valence-electron chi connectivity index (χ3n) is 7.30. The molecule has 1 N–H and O–H groups in total. The van der Waals surface area contributed by atoms with E-state index in [9.17, 15) is 24.3 Å². The van der Waals surface area contributed by atoms with E-state index in [2.05, 4.69) is 0 Å². The van der Waals surface area contributed by atoms with Gasteiger partial charge in [-0.1, -0.05) is 85.0 Å². The highest BCUT2D eigenvalue weighted by Gasteiger charge is 2.59. The van der Waals surface area contributed by atoms with Crippen LogP contribution in [0.15, 0.2) is 121 Å². The molecule has 4 aromatic rings. The van der Waals surface area contributed by atoms with Crippen molar-refractivity contribution in [2.45, 2.75) is 36.6 Å². The summed E-state index contributed by atoms with van der Waals surface area (Å²) in [4.78, 5) is 53.2. The molecule has 5 atom stereocenters. The number of rotatable bonds is 11. The Hall–Kier alpha value is -5.23. The van der Waals surface area contributed by atoms with Crippen LogP contribution >= 0.6 is 12.2 Å². The van der Waals surface area contributed by atoms with E-state index in [4.69, 9.17) is 35.9 Å². The summed E-state index contributed by atoms with van der Waals surface area (Å²) in [7, 11) is 0. The Balaban J connectivity index is 1.56. The molecule has 0 amide bonds. The standard InChI is InChI=1S/C36H30O10S/c37-32(24-13-5-1-6-14-24)42-23-28-29(43-33(38)25-15-7-2-8-16-25)30(44-34(39)26-17-9-3-10-18-26)31(36(41,46-28)21-22-47)45-35(40)27-19-11-4-12-20-27/h1-20,22,28-31,41H,21,23H2/t28-,29-,30+,31-,36-/m1/s1. The molecule has 0 unspecified atom stereocenters. The lowest BCUT2D eigenvalue weighted by molar-refractivity contribution is -0.342.